The van der Waals surface area contributed by atoms with E-state index >= 15 is 0 Å². The third-order valence-corrected chi connectivity index (χ3v) is 4.87. The molecule has 1 amide bonds. The van der Waals surface area contributed by atoms with Crippen LogP contribution in [0.5, 0.6) is 0 Å². The first-order valence-corrected chi connectivity index (χ1v) is 8.73. The number of benzene rings is 2. The number of carbonyl (C=O) groups is 1. The highest BCUT2D eigenvalue weighted by Crippen LogP contribution is 2.19. The second-order valence-electron chi connectivity index (χ2n) is 6.69. The zero-order valence-corrected chi connectivity index (χ0v) is 14.6. The van der Waals surface area contributed by atoms with E-state index in [4.69, 9.17) is 0 Å². The summed E-state index contributed by atoms with van der Waals surface area (Å²) in [5.74, 6) is -1.54. The highest BCUT2D eigenvalue weighted by molar-refractivity contribution is 5.97. The van der Waals surface area contributed by atoms with Crippen molar-refractivity contribution in [2.75, 3.05) is 0 Å². The number of rotatable bonds is 3. The lowest BCUT2D eigenvalue weighted by Gasteiger charge is -2.15. The SMILES string of the molecule is CC(NC(=O)c1ccc2c(=O)n3c(nc2c1)CCC3)c1ccc(F)c(F)c1. The molecule has 2 aromatic carbocycles. The first-order chi connectivity index (χ1) is 12.9. The van der Waals surface area contributed by atoms with Gasteiger partial charge in [-0.25, -0.2) is 13.8 Å². The summed E-state index contributed by atoms with van der Waals surface area (Å²) < 4.78 is 28.1. The van der Waals surface area contributed by atoms with Crippen LogP contribution in [0.1, 0.15) is 41.1 Å². The molecule has 0 bridgehead atoms. The molecule has 0 spiro atoms. The highest BCUT2D eigenvalue weighted by Gasteiger charge is 2.18. The summed E-state index contributed by atoms with van der Waals surface area (Å²) in [6.07, 6.45) is 1.63. The molecule has 27 heavy (non-hydrogen) atoms. The maximum atomic E-state index is 13.4. The van der Waals surface area contributed by atoms with Crippen LogP contribution in [0.4, 0.5) is 8.78 Å². The van der Waals surface area contributed by atoms with Crippen molar-refractivity contribution in [3.05, 3.63) is 75.3 Å². The van der Waals surface area contributed by atoms with Gasteiger partial charge >= 0.3 is 0 Å². The van der Waals surface area contributed by atoms with E-state index in [-0.39, 0.29) is 11.5 Å². The van der Waals surface area contributed by atoms with E-state index in [9.17, 15) is 18.4 Å². The van der Waals surface area contributed by atoms with Crippen LogP contribution in [0.25, 0.3) is 10.9 Å². The van der Waals surface area contributed by atoms with E-state index in [0.717, 1.165) is 30.8 Å². The second kappa shape index (κ2) is 6.57. The van der Waals surface area contributed by atoms with Gasteiger partial charge < -0.3 is 5.32 Å². The molecule has 1 atom stereocenters. The maximum absolute atomic E-state index is 13.4. The van der Waals surface area contributed by atoms with Crippen molar-refractivity contribution in [1.82, 2.24) is 14.9 Å². The van der Waals surface area contributed by atoms with Crippen molar-refractivity contribution in [1.29, 1.82) is 0 Å². The number of amides is 1. The van der Waals surface area contributed by atoms with Crippen LogP contribution in [-0.2, 0) is 13.0 Å². The smallest absolute Gasteiger partial charge is 0.261 e. The molecule has 2 heterocycles. The monoisotopic (exact) mass is 369 g/mol. The van der Waals surface area contributed by atoms with Gasteiger partial charge in [0.05, 0.1) is 16.9 Å². The third kappa shape index (κ3) is 3.09. The zero-order valence-electron chi connectivity index (χ0n) is 14.6. The van der Waals surface area contributed by atoms with E-state index in [1.807, 2.05) is 0 Å². The number of nitrogens with one attached hydrogen (secondary N) is 1. The molecule has 0 fully saturated rings. The summed E-state index contributed by atoms with van der Waals surface area (Å²) >= 11 is 0. The average Bonchev–Trinajstić information content (AvgIpc) is 3.12. The van der Waals surface area contributed by atoms with Crippen molar-refractivity contribution < 1.29 is 13.6 Å². The Hall–Kier alpha value is -3.09. The molecule has 1 aromatic heterocycles. The Bertz CT molecular complexity index is 1120. The van der Waals surface area contributed by atoms with Gasteiger partial charge in [0, 0.05) is 18.5 Å². The molecule has 5 nitrogen and oxygen atoms in total. The van der Waals surface area contributed by atoms with Gasteiger partial charge in [0.15, 0.2) is 11.6 Å². The molecule has 3 aromatic rings. The fraction of sp³-hybridized carbons (Fsp3) is 0.250. The van der Waals surface area contributed by atoms with Gasteiger partial charge in [-0.15, -0.1) is 0 Å². The number of hydrogen-bond acceptors (Lipinski definition) is 3. The number of aryl methyl sites for hydroxylation is 1. The van der Waals surface area contributed by atoms with E-state index in [1.54, 1.807) is 29.7 Å². The first-order valence-electron chi connectivity index (χ1n) is 8.73. The minimum absolute atomic E-state index is 0.0883. The van der Waals surface area contributed by atoms with E-state index in [1.165, 1.54) is 6.07 Å². The summed E-state index contributed by atoms with van der Waals surface area (Å²) in [5, 5.41) is 3.23. The number of aromatic nitrogens is 2. The molecule has 0 saturated carbocycles. The Labute approximate surface area is 153 Å². The van der Waals surface area contributed by atoms with Crippen molar-refractivity contribution in [2.24, 2.45) is 0 Å². The quantitative estimate of drug-likeness (QED) is 0.772. The van der Waals surface area contributed by atoms with Gasteiger partial charge in [0.2, 0.25) is 0 Å². The van der Waals surface area contributed by atoms with Crippen LogP contribution in [-0.4, -0.2) is 15.5 Å². The second-order valence-corrected chi connectivity index (χ2v) is 6.69. The van der Waals surface area contributed by atoms with Crippen molar-refractivity contribution in [3.63, 3.8) is 0 Å². The van der Waals surface area contributed by atoms with Crippen LogP contribution in [0, 0.1) is 11.6 Å². The summed E-state index contributed by atoms with van der Waals surface area (Å²) in [5.41, 5.74) is 1.21. The molecule has 1 N–H and O–H groups in total. The third-order valence-electron chi connectivity index (χ3n) is 4.87. The van der Waals surface area contributed by atoms with Crippen molar-refractivity contribution >= 4 is 16.8 Å². The Morgan fingerprint density at radius 1 is 1.19 bits per heavy atom. The molecule has 1 aliphatic heterocycles. The molecular weight excluding hydrogens is 352 g/mol. The standard InChI is InChI=1S/C20H17F2N3O2/c1-11(12-5-7-15(21)16(22)9-12)23-19(26)13-4-6-14-17(10-13)24-18-3-2-8-25(18)20(14)27/h4-7,9-11H,2-3,8H2,1H3,(H,23,26). The number of carbonyl (C=O) groups excluding carboxylic acids is 1. The molecular formula is C20H17F2N3O2. The van der Waals surface area contributed by atoms with Crippen molar-refractivity contribution in [3.8, 4) is 0 Å². The number of fused-ring (bicyclic) bond motifs is 2. The predicted molar refractivity (Wildman–Crippen MR) is 96.6 cm³/mol. The highest BCUT2D eigenvalue weighted by atomic mass is 19.2. The first kappa shape index (κ1) is 17.3. The number of hydrogen-bond donors (Lipinski definition) is 1. The number of nitrogens with zero attached hydrogens (tertiary/aromatic N) is 2. The van der Waals surface area contributed by atoms with Crippen LogP contribution < -0.4 is 10.9 Å². The Morgan fingerprint density at radius 3 is 2.78 bits per heavy atom. The fourth-order valence-corrected chi connectivity index (χ4v) is 3.37. The molecule has 138 valence electrons. The average molecular weight is 369 g/mol. The normalized spacial score (nSPS) is 14.2. The summed E-state index contributed by atoms with van der Waals surface area (Å²) in [4.78, 5) is 29.5. The van der Waals surface area contributed by atoms with Gasteiger partial charge in [0.1, 0.15) is 5.82 Å². The van der Waals surface area contributed by atoms with Crippen molar-refractivity contribution in [2.45, 2.75) is 32.4 Å². The molecule has 1 unspecified atom stereocenters. The van der Waals surface area contributed by atoms with E-state index < -0.39 is 17.7 Å². The van der Waals surface area contributed by atoms with Crippen LogP contribution in [0.15, 0.2) is 41.2 Å². The summed E-state index contributed by atoms with van der Waals surface area (Å²) in [6, 6.07) is 7.77. The number of halogens is 2. The van der Waals surface area contributed by atoms with Gasteiger partial charge in [0.25, 0.3) is 11.5 Å². The van der Waals surface area contributed by atoms with Crippen LogP contribution in [0.3, 0.4) is 0 Å². The zero-order chi connectivity index (χ0) is 19.1. The van der Waals surface area contributed by atoms with Gasteiger partial charge in [-0.1, -0.05) is 6.07 Å². The molecule has 1 aliphatic rings. The Morgan fingerprint density at radius 2 is 2.00 bits per heavy atom. The Balaban J connectivity index is 1.61. The molecule has 0 aliphatic carbocycles. The topological polar surface area (TPSA) is 64.0 Å². The van der Waals surface area contributed by atoms with Crippen LogP contribution >= 0.6 is 0 Å². The van der Waals surface area contributed by atoms with E-state index in [2.05, 4.69) is 10.3 Å². The lowest BCUT2D eigenvalue weighted by molar-refractivity contribution is 0.0940. The lowest BCUT2D eigenvalue weighted by atomic mass is 10.1. The summed E-state index contributed by atoms with van der Waals surface area (Å²) in [7, 11) is 0. The predicted octanol–water partition coefficient (Wildman–Crippen LogP) is 3.11. The van der Waals surface area contributed by atoms with Crippen LogP contribution in [0.2, 0.25) is 0 Å². The largest absolute Gasteiger partial charge is 0.346 e. The fourth-order valence-electron chi connectivity index (χ4n) is 3.37. The van der Waals surface area contributed by atoms with Gasteiger partial charge in [-0.05, 0) is 49.2 Å². The molecule has 7 heteroatoms. The minimum atomic E-state index is -0.960. The lowest BCUT2D eigenvalue weighted by Crippen LogP contribution is -2.27. The van der Waals surface area contributed by atoms with Gasteiger partial charge in [-0.2, -0.15) is 0 Å². The Kier molecular flexibility index (Phi) is 4.22. The minimum Gasteiger partial charge on any atom is -0.346 e. The van der Waals surface area contributed by atoms with Gasteiger partial charge in [-0.3, -0.25) is 14.2 Å². The van der Waals surface area contributed by atoms with E-state index in [0.29, 0.717) is 28.6 Å². The molecule has 0 saturated heterocycles. The summed E-state index contributed by atoms with van der Waals surface area (Å²) in [6.45, 7) is 2.36. The molecule has 0 radical (unpaired) electrons. The maximum Gasteiger partial charge on any atom is 0.261 e. The molecule has 4 rings (SSSR count).